The Hall–Kier alpha value is -0.0800. The van der Waals surface area contributed by atoms with E-state index in [1.807, 2.05) is 0 Å². The van der Waals surface area contributed by atoms with Crippen molar-refractivity contribution in [1.82, 2.24) is 4.90 Å². The lowest BCUT2D eigenvalue weighted by Gasteiger charge is -2.40. The van der Waals surface area contributed by atoms with Gasteiger partial charge >= 0.3 is 0 Å². The summed E-state index contributed by atoms with van der Waals surface area (Å²) in [6.45, 7) is 3.98. The van der Waals surface area contributed by atoms with Crippen molar-refractivity contribution in [3.05, 3.63) is 0 Å². The van der Waals surface area contributed by atoms with Crippen molar-refractivity contribution in [3.63, 3.8) is 0 Å². The van der Waals surface area contributed by atoms with Crippen LogP contribution < -0.4 is 0 Å². The van der Waals surface area contributed by atoms with Gasteiger partial charge in [-0.25, -0.2) is 0 Å². The van der Waals surface area contributed by atoms with E-state index in [1.54, 1.807) is 0 Å². The third-order valence-corrected chi connectivity index (χ3v) is 3.78. The highest BCUT2D eigenvalue weighted by atomic mass is 16.3. The largest absolute Gasteiger partial charge is 0.396 e. The number of aliphatic hydroxyl groups is 1. The number of nitrogens with zero attached hydrogens (tertiary/aromatic N) is 1. The maximum absolute atomic E-state index is 8.93. The van der Waals surface area contributed by atoms with Gasteiger partial charge in [-0.2, -0.15) is 0 Å². The molecule has 0 radical (unpaired) electrons. The van der Waals surface area contributed by atoms with Crippen molar-refractivity contribution in [3.8, 4) is 0 Å². The van der Waals surface area contributed by atoms with E-state index in [0.717, 1.165) is 19.0 Å². The van der Waals surface area contributed by atoms with Crippen molar-refractivity contribution >= 4 is 0 Å². The summed E-state index contributed by atoms with van der Waals surface area (Å²) in [5, 5.41) is 8.93. The Balaban J connectivity index is 1.64. The second-order valence-electron chi connectivity index (χ2n) is 5.12. The van der Waals surface area contributed by atoms with Crippen LogP contribution in [0.2, 0.25) is 0 Å². The number of aliphatic hydroxyl groups excluding tert-OH is 1. The Morgan fingerprint density at radius 1 is 0.929 bits per heavy atom. The van der Waals surface area contributed by atoms with Crippen LogP contribution in [0.15, 0.2) is 0 Å². The van der Waals surface area contributed by atoms with Gasteiger partial charge in [-0.1, -0.05) is 25.7 Å². The Morgan fingerprint density at radius 2 is 1.57 bits per heavy atom. The van der Waals surface area contributed by atoms with Gasteiger partial charge < -0.3 is 10.0 Å². The molecular formula is C12H23NO. The lowest BCUT2D eigenvalue weighted by Crippen LogP contribution is -2.49. The summed E-state index contributed by atoms with van der Waals surface area (Å²) in [5.41, 5.74) is 0. The average Bonchev–Trinajstić information content (AvgIpc) is 2.38. The number of hydrogen-bond donors (Lipinski definition) is 1. The Bertz CT molecular complexity index is 158. The van der Waals surface area contributed by atoms with Gasteiger partial charge in [-0.3, -0.25) is 0 Å². The normalized spacial score (nSPS) is 27.2. The second-order valence-corrected chi connectivity index (χ2v) is 5.12. The zero-order valence-electron chi connectivity index (χ0n) is 9.12. The smallest absolute Gasteiger partial charge is 0.0483 e. The molecule has 0 aromatic rings. The van der Waals surface area contributed by atoms with E-state index in [4.69, 9.17) is 5.11 Å². The van der Waals surface area contributed by atoms with Crippen molar-refractivity contribution in [2.45, 2.75) is 38.5 Å². The summed E-state index contributed by atoms with van der Waals surface area (Å²) in [6.07, 6.45) is 8.69. The first-order valence-corrected chi connectivity index (χ1v) is 6.21. The van der Waals surface area contributed by atoms with Crippen LogP contribution in [-0.2, 0) is 0 Å². The maximum atomic E-state index is 8.93. The molecular weight excluding hydrogens is 174 g/mol. The van der Waals surface area contributed by atoms with Gasteiger partial charge in [0.25, 0.3) is 0 Å². The van der Waals surface area contributed by atoms with Crippen LogP contribution in [0.25, 0.3) is 0 Å². The molecule has 1 aliphatic heterocycles. The van der Waals surface area contributed by atoms with Crippen LogP contribution in [0.5, 0.6) is 0 Å². The molecule has 82 valence electrons. The van der Waals surface area contributed by atoms with E-state index in [-0.39, 0.29) is 0 Å². The summed E-state index contributed by atoms with van der Waals surface area (Å²) in [7, 11) is 0. The van der Waals surface area contributed by atoms with E-state index in [0.29, 0.717) is 12.5 Å². The SMILES string of the molecule is OCC1CN(CC2CCCCCC2)C1. The molecule has 1 heterocycles. The molecule has 0 aromatic carbocycles. The van der Waals surface area contributed by atoms with E-state index in [9.17, 15) is 0 Å². The van der Waals surface area contributed by atoms with E-state index in [2.05, 4.69) is 4.90 Å². The van der Waals surface area contributed by atoms with Crippen LogP contribution in [0, 0.1) is 11.8 Å². The maximum Gasteiger partial charge on any atom is 0.0483 e. The van der Waals surface area contributed by atoms with Crippen molar-refractivity contribution in [2.75, 3.05) is 26.2 Å². The molecule has 0 bridgehead atoms. The van der Waals surface area contributed by atoms with Gasteiger partial charge in [0.15, 0.2) is 0 Å². The highest BCUT2D eigenvalue weighted by molar-refractivity contribution is 4.81. The third kappa shape index (κ3) is 2.71. The fraction of sp³-hybridized carbons (Fsp3) is 1.00. The van der Waals surface area contributed by atoms with Crippen LogP contribution in [0.1, 0.15) is 38.5 Å². The van der Waals surface area contributed by atoms with Gasteiger partial charge in [0.2, 0.25) is 0 Å². The first-order valence-electron chi connectivity index (χ1n) is 6.21. The molecule has 0 atom stereocenters. The van der Waals surface area contributed by atoms with Crippen LogP contribution in [-0.4, -0.2) is 36.2 Å². The van der Waals surface area contributed by atoms with Crippen LogP contribution in [0.4, 0.5) is 0 Å². The molecule has 0 amide bonds. The molecule has 1 N–H and O–H groups in total. The molecule has 2 rings (SSSR count). The van der Waals surface area contributed by atoms with Crippen molar-refractivity contribution < 1.29 is 5.11 Å². The summed E-state index contributed by atoms with van der Waals surface area (Å²) >= 11 is 0. The zero-order chi connectivity index (χ0) is 9.80. The minimum absolute atomic E-state index is 0.390. The monoisotopic (exact) mass is 197 g/mol. The zero-order valence-corrected chi connectivity index (χ0v) is 9.12. The topological polar surface area (TPSA) is 23.5 Å². The van der Waals surface area contributed by atoms with Gasteiger partial charge in [0.05, 0.1) is 0 Å². The molecule has 0 spiro atoms. The lowest BCUT2D eigenvalue weighted by molar-refractivity contribution is 0.0397. The second kappa shape index (κ2) is 5.13. The summed E-state index contributed by atoms with van der Waals surface area (Å²) in [4.78, 5) is 2.52. The molecule has 0 aromatic heterocycles. The predicted octanol–water partition coefficient (Wildman–Crippen LogP) is 1.88. The van der Waals surface area contributed by atoms with E-state index < -0.39 is 0 Å². The highest BCUT2D eigenvalue weighted by Crippen LogP contribution is 2.26. The van der Waals surface area contributed by atoms with Gasteiger partial charge in [0, 0.05) is 32.2 Å². The van der Waals surface area contributed by atoms with Gasteiger partial charge in [-0.05, 0) is 18.8 Å². The Labute approximate surface area is 87.3 Å². The van der Waals surface area contributed by atoms with Gasteiger partial charge in [-0.15, -0.1) is 0 Å². The fourth-order valence-corrected chi connectivity index (χ4v) is 2.85. The molecule has 2 heteroatoms. The van der Waals surface area contributed by atoms with Gasteiger partial charge in [0.1, 0.15) is 0 Å². The number of hydrogen-bond acceptors (Lipinski definition) is 2. The molecule has 2 nitrogen and oxygen atoms in total. The third-order valence-electron chi connectivity index (χ3n) is 3.78. The minimum Gasteiger partial charge on any atom is -0.396 e. The molecule has 1 aliphatic carbocycles. The highest BCUT2D eigenvalue weighted by Gasteiger charge is 2.27. The minimum atomic E-state index is 0.390. The number of likely N-dealkylation sites (tertiary alicyclic amines) is 1. The van der Waals surface area contributed by atoms with Crippen LogP contribution in [0.3, 0.4) is 0 Å². The summed E-state index contributed by atoms with van der Waals surface area (Å²) in [6, 6.07) is 0. The first kappa shape index (κ1) is 10.4. The molecule has 14 heavy (non-hydrogen) atoms. The molecule has 0 unspecified atom stereocenters. The fourth-order valence-electron chi connectivity index (χ4n) is 2.85. The summed E-state index contributed by atoms with van der Waals surface area (Å²) in [5.74, 6) is 1.54. The average molecular weight is 197 g/mol. The quantitative estimate of drug-likeness (QED) is 0.698. The lowest BCUT2D eigenvalue weighted by atomic mass is 9.95. The number of rotatable bonds is 3. The Kier molecular flexibility index (Phi) is 3.82. The predicted molar refractivity (Wildman–Crippen MR) is 58.2 cm³/mol. The van der Waals surface area contributed by atoms with Crippen molar-refractivity contribution in [1.29, 1.82) is 0 Å². The molecule has 2 fully saturated rings. The van der Waals surface area contributed by atoms with Crippen LogP contribution >= 0.6 is 0 Å². The van der Waals surface area contributed by atoms with Crippen molar-refractivity contribution in [2.24, 2.45) is 11.8 Å². The van der Waals surface area contributed by atoms with E-state index in [1.165, 1.54) is 45.1 Å². The standard InChI is InChI=1S/C12H23NO/c14-10-12-8-13(9-12)7-11-5-3-1-2-4-6-11/h11-12,14H,1-10H2. The Morgan fingerprint density at radius 3 is 2.14 bits per heavy atom. The van der Waals surface area contributed by atoms with E-state index >= 15 is 0 Å². The molecule has 1 saturated heterocycles. The molecule has 2 aliphatic rings. The first-order chi connectivity index (χ1) is 6.88. The summed E-state index contributed by atoms with van der Waals surface area (Å²) < 4.78 is 0. The molecule has 1 saturated carbocycles.